The molecule has 1 fully saturated rings. The quantitative estimate of drug-likeness (QED) is 0.779. The lowest BCUT2D eigenvalue weighted by Crippen LogP contribution is -2.44. The van der Waals surface area contributed by atoms with E-state index in [1.165, 1.54) is 18.2 Å². The Morgan fingerprint density at radius 2 is 2.17 bits per heavy atom. The molecule has 2 unspecified atom stereocenters. The van der Waals surface area contributed by atoms with Crippen LogP contribution < -0.4 is 5.73 Å². The molecular weight excluding hydrogens is 231 g/mol. The van der Waals surface area contributed by atoms with E-state index in [0.29, 0.717) is 11.5 Å². The Labute approximate surface area is 107 Å². The Morgan fingerprint density at radius 3 is 2.78 bits per heavy atom. The second-order valence-electron chi connectivity index (χ2n) is 5.21. The van der Waals surface area contributed by atoms with Crippen LogP contribution in [0.5, 0.6) is 0 Å². The van der Waals surface area contributed by atoms with Gasteiger partial charge in [0, 0.05) is 18.3 Å². The summed E-state index contributed by atoms with van der Waals surface area (Å²) < 4.78 is 13.0. The maximum absolute atomic E-state index is 13.0. The van der Waals surface area contributed by atoms with Crippen LogP contribution in [0.1, 0.15) is 37.0 Å². The van der Waals surface area contributed by atoms with Gasteiger partial charge in [-0.05, 0) is 43.9 Å². The minimum atomic E-state index is -0.413. The summed E-state index contributed by atoms with van der Waals surface area (Å²) in [6.45, 7) is 5.00. The number of carbonyl (C=O) groups is 1. The van der Waals surface area contributed by atoms with Crippen LogP contribution in [0.3, 0.4) is 0 Å². The highest BCUT2D eigenvalue weighted by molar-refractivity contribution is 5.99. The van der Waals surface area contributed by atoms with Gasteiger partial charge in [-0.15, -0.1) is 0 Å². The van der Waals surface area contributed by atoms with Crippen molar-refractivity contribution in [3.8, 4) is 0 Å². The first-order valence-electron chi connectivity index (χ1n) is 6.35. The van der Waals surface area contributed by atoms with Gasteiger partial charge >= 0.3 is 0 Å². The van der Waals surface area contributed by atoms with Crippen molar-refractivity contribution in [2.75, 3.05) is 12.3 Å². The van der Waals surface area contributed by atoms with Crippen molar-refractivity contribution in [3.63, 3.8) is 0 Å². The average molecular weight is 250 g/mol. The van der Waals surface area contributed by atoms with Crippen molar-refractivity contribution in [3.05, 3.63) is 29.6 Å². The van der Waals surface area contributed by atoms with E-state index in [2.05, 4.69) is 6.92 Å². The summed E-state index contributed by atoms with van der Waals surface area (Å²) in [5.41, 5.74) is 6.33. The number of nitrogens with two attached hydrogens (primary N) is 1. The van der Waals surface area contributed by atoms with Crippen LogP contribution in [0.2, 0.25) is 0 Å². The number of likely N-dealkylation sites (tertiary alicyclic amines) is 1. The van der Waals surface area contributed by atoms with Crippen molar-refractivity contribution < 1.29 is 9.18 Å². The van der Waals surface area contributed by atoms with Gasteiger partial charge < -0.3 is 10.6 Å². The molecule has 0 aromatic heterocycles. The Hall–Kier alpha value is -1.58. The molecule has 2 N–H and O–H groups in total. The molecule has 1 amide bonds. The molecule has 1 aromatic carbocycles. The first-order valence-corrected chi connectivity index (χ1v) is 6.35. The fourth-order valence-corrected chi connectivity index (χ4v) is 2.59. The molecular formula is C14H19FN2O. The molecule has 0 saturated carbocycles. The zero-order valence-electron chi connectivity index (χ0n) is 10.8. The lowest BCUT2D eigenvalue weighted by molar-refractivity contribution is 0.0589. The number of halogens is 1. The maximum atomic E-state index is 13.0. The third kappa shape index (κ3) is 2.47. The molecule has 0 spiro atoms. The zero-order chi connectivity index (χ0) is 13.3. The number of hydrogen-bond acceptors (Lipinski definition) is 2. The molecule has 98 valence electrons. The number of benzene rings is 1. The third-order valence-corrected chi connectivity index (χ3v) is 3.64. The Bertz CT molecular complexity index is 461. The number of rotatable bonds is 1. The summed E-state index contributed by atoms with van der Waals surface area (Å²) in [7, 11) is 0. The van der Waals surface area contributed by atoms with Gasteiger partial charge in [-0.1, -0.05) is 6.92 Å². The summed E-state index contributed by atoms with van der Waals surface area (Å²) in [6, 6.07) is 4.16. The maximum Gasteiger partial charge on any atom is 0.256 e. The first kappa shape index (κ1) is 12.9. The molecule has 1 aromatic rings. The van der Waals surface area contributed by atoms with E-state index in [-0.39, 0.29) is 17.6 Å². The molecule has 1 aliphatic heterocycles. The molecule has 0 bridgehead atoms. The lowest BCUT2D eigenvalue weighted by Gasteiger charge is -2.36. The molecule has 0 aliphatic carbocycles. The summed E-state index contributed by atoms with van der Waals surface area (Å²) >= 11 is 0. The highest BCUT2D eigenvalue weighted by Crippen LogP contribution is 2.25. The number of carbonyl (C=O) groups excluding carboxylic acids is 1. The smallest absolute Gasteiger partial charge is 0.256 e. The fraction of sp³-hybridized carbons (Fsp3) is 0.500. The monoisotopic (exact) mass is 250 g/mol. The summed E-state index contributed by atoms with van der Waals surface area (Å²) in [5, 5.41) is 0. The van der Waals surface area contributed by atoms with Crippen LogP contribution in [0, 0.1) is 11.7 Å². The predicted molar refractivity (Wildman–Crippen MR) is 69.7 cm³/mol. The van der Waals surface area contributed by atoms with Crippen molar-refractivity contribution in [1.82, 2.24) is 4.90 Å². The van der Waals surface area contributed by atoms with Crippen LogP contribution in [0.15, 0.2) is 18.2 Å². The van der Waals surface area contributed by atoms with Crippen molar-refractivity contribution in [2.45, 2.75) is 32.7 Å². The third-order valence-electron chi connectivity index (χ3n) is 3.64. The molecule has 1 saturated heterocycles. The lowest BCUT2D eigenvalue weighted by atomic mass is 9.92. The first-order chi connectivity index (χ1) is 8.49. The van der Waals surface area contributed by atoms with Crippen LogP contribution in [-0.4, -0.2) is 23.4 Å². The highest BCUT2D eigenvalue weighted by atomic mass is 19.1. The normalized spacial score (nSPS) is 24.1. The summed E-state index contributed by atoms with van der Waals surface area (Å²) in [4.78, 5) is 14.2. The Kier molecular flexibility index (Phi) is 3.55. The van der Waals surface area contributed by atoms with Gasteiger partial charge in [0.2, 0.25) is 0 Å². The second kappa shape index (κ2) is 4.96. The van der Waals surface area contributed by atoms with Gasteiger partial charge in [0.25, 0.3) is 5.91 Å². The molecule has 2 rings (SSSR count). The van der Waals surface area contributed by atoms with Crippen molar-refractivity contribution >= 4 is 11.6 Å². The molecule has 1 aliphatic rings. The summed E-state index contributed by atoms with van der Waals surface area (Å²) in [6.07, 6.45) is 2.02. The minimum absolute atomic E-state index is 0.0908. The van der Waals surface area contributed by atoms with Gasteiger partial charge in [-0.2, -0.15) is 0 Å². The van der Waals surface area contributed by atoms with Crippen LogP contribution >= 0.6 is 0 Å². The van der Waals surface area contributed by atoms with E-state index in [1.54, 1.807) is 0 Å². The van der Waals surface area contributed by atoms with Gasteiger partial charge in [0.15, 0.2) is 0 Å². The molecule has 18 heavy (non-hydrogen) atoms. The van der Waals surface area contributed by atoms with Gasteiger partial charge in [-0.3, -0.25) is 4.79 Å². The predicted octanol–water partition coefficient (Wildman–Crippen LogP) is 2.67. The van der Waals surface area contributed by atoms with Crippen LogP contribution in [-0.2, 0) is 0 Å². The van der Waals surface area contributed by atoms with E-state index in [9.17, 15) is 9.18 Å². The van der Waals surface area contributed by atoms with Crippen molar-refractivity contribution in [2.24, 2.45) is 5.92 Å². The molecule has 3 nitrogen and oxygen atoms in total. The number of nitrogen functional groups attached to an aromatic ring is 1. The second-order valence-corrected chi connectivity index (χ2v) is 5.21. The van der Waals surface area contributed by atoms with E-state index < -0.39 is 5.82 Å². The number of anilines is 1. The fourth-order valence-electron chi connectivity index (χ4n) is 2.59. The SMILES string of the molecule is CC1CCN(C(=O)c2ccc(F)cc2N)C(C)C1. The average Bonchev–Trinajstić information content (AvgIpc) is 2.28. The van der Waals surface area contributed by atoms with E-state index >= 15 is 0 Å². The standard InChI is InChI=1S/C14H19FN2O/c1-9-5-6-17(10(2)7-9)14(18)12-4-3-11(15)8-13(12)16/h3-4,8-10H,5-7,16H2,1-2H3. The van der Waals surface area contributed by atoms with E-state index in [4.69, 9.17) is 5.73 Å². The molecule has 0 radical (unpaired) electrons. The number of hydrogen-bond donors (Lipinski definition) is 1. The zero-order valence-corrected chi connectivity index (χ0v) is 10.8. The number of piperidine rings is 1. The van der Waals surface area contributed by atoms with Gasteiger partial charge in [0.1, 0.15) is 5.82 Å². The number of amides is 1. The molecule has 1 heterocycles. The van der Waals surface area contributed by atoms with Crippen molar-refractivity contribution in [1.29, 1.82) is 0 Å². The van der Waals surface area contributed by atoms with E-state index in [0.717, 1.165) is 19.4 Å². The van der Waals surface area contributed by atoms with Gasteiger partial charge in [-0.25, -0.2) is 4.39 Å². The number of nitrogens with zero attached hydrogens (tertiary/aromatic N) is 1. The van der Waals surface area contributed by atoms with Gasteiger partial charge in [0.05, 0.1) is 5.56 Å². The molecule has 2 atom stereocenters. The highest BCUT2D eigenvalue weighted by Gasteiger charge is 2.28. The Balaban J connectivity index is 2.20. The topological polar surface area (TPSA) is 46.3 Å². The largest absolute Gasteiger partial charge is 0.398 e. The van der Waals surface area contributed by atoms with Crippen LogP contribution in [0.25, 0.3) is 0 Å². The Morgan fingerprint density at radius 1 is 1.44 bits per heavy atom. The van der Waals surface area contributed by atoms with Crippen LogP contribution in [0.4, 0.5) is 10.1 Å². The summed E-state index contributed by atoms with van der Waals surface area (Å²) in [5.74, 6) is 0.144. The minimum Gasteiger partial charge on any atom is -0.398 e. The molecule has 4 heteroatoms. The van der Waals surface area contributed by atoms with E-state index in [1.807, 2.05) is 11.8 Å².